The summed E-state index contributed by atoms with van der Waals surface area (Å²) in [6.07, 6.45) is 3.85. The second-order valence-corrected chi connectivity index (χ2v) is 3.67. The number of nitrogens with zero attached hydrogens (tertiary/aromatic N) is 1. The van der Waals surface area contributed by atoms with E-state index in [2.05, 4.69) is 10.3 Å². The number of nitrogens with one attached hydrogen (secondary N) is 1. The van der Waals surface area contributed by atoms with Crippen molar-refractivity contribution in [2.75, 3.05) is 11.9 Å². The summed E-state index contributed by atoms with van der Waals surface area (Å²) in [5.41, 5.74) is 1.05. The van der Waals surface area contributed by atoms with Gasteiger partial charge in [0.2, 0.25) is 0 Å². The lowest BCUT2D eigenvalue weighted by Gasteiger charge is -1.99. The molecule has 1 aliphatic rings. The average Bonchev–Trinajstić information content (AvgIpc) is 2.71. The summed E-state index contributed by atoms with van der Waals surface area (Å²) in [5, 5.41) is 11.4. The average molecular weight is 210 g/mol. The second kappa shape index (κ2) is 4.33. The van der Waals surface area contributed by atoms with Crippen LogP contribution in [0.1, 0.15) is 30.7 Å². The fourth-order valence-electron chi connectivity index (χ4n) is 1.70. The molecule has 0 amide bonds. The highest BCUT2D eigenvalue weighted by molar-refractivity contribution is 5.66. The predicted molar refractivity (Wildman–Crippen MR) is 53.9 cm³/mol. The molecule has 1 aliphatic carbocycles. The Morgan fingerprint density at radius 1 is 1.53 bits per heavy atom. The van der Waals surface area contributed by atoms with Crippen molar-refractivity contribution in [1.82, 2.24) is 4.98 Å². The number of rotatable bonds is 5. The largest absolute Gasteiger partial charge is 0.481 e. The van der Waals surface area contributed by atoms with Crippen LogP contribution in [0.4, 0.5) is 6.01 Å². The van der Waals surface area contributed by atoms with Crippen molar-refractivity contribution in [3.8, 4) is 0 Å². The van der Waals surface area contributed by atoms with Crippen LogP contribution in [0.2, 0.25) is 0 Å². The van der Waals surface area contributed by atoms with Gasteiger partial charge in [0, 0.05) is 19.4 Å². The third kappa shape index (κ3) is 2.49. The number of aryl methyl sites for hydroxylation is 2. The monoisotopic (exact) mass is 210 g/mol. The summed E-state index contributed by atoms with van der Waals surface area (Å²) in [6.45, 7) is 0.589. The van der Waals surface area contributed by atoms with Gasteiger partial charge in [-0.3, -0.25) is 4.79 Å². The molecule has 2 rings (SSSR count). The lowest BCUT2D eigenvalue weighted by molar-refractivity contribution is -0.137. The molecule has 0 atom stereocenters. The van der Waals surface area contributed by atoms with E-state index in [0.717, 1.165) is 30.7 Å². The van der Waals surface area contributed by atoms with E-state index in [9.17, 15) is 4.79 Å². The zero-order valence-corrected chi connectivity index (χ0v) is 8.45. The van der Waals surface area contributed by atoms with Crippen molar-refractivity contribution in [3.63, 3.8) is 0 Å². The molecule has 1 aromatic heterocycles. The van der Waals surface area contributed by atoms with E-state index in [-0.39, 0.29) is 6.42 Å². The normalized spacial score (nSPS) is 13.9. The van der Waals surface area contributed by atoms with Crippen molar-refractivity contribution in [1.29, 1.82) is 0 Å². The quantitative estimate of drug-likeness (QED) is 0.719. The first-order valence-electron chi connectivity index (χ1n) is 5.20. The second-order valence-electron chi connectivity index (χ2n) is 3.67. The summed E-state index contributed by atoms with van der Waals surface area (Å²) < 4.78 is 5.46. The molecular formula is C10H14N2O3. The van der Waals surface area contributed by atoms with Crippen molar-refractivity contribution >= 4 is 12.0 Å². The van der Waals surface area contributed by atoms with Crippen LogP contribution in [0.3, 0.4) is 0 Å². The van der Waals surface area contributed by atoms with Crippen molar-refractivity contribution < 1.29 is 14.3 Å². The van der Waals surface area contributed by atoms with Gasteiger partial charge in [-0.2, -0.15) is 4.98 Å². The van der Waals surface area contributed by atoms with Crippen LogP contribution in [0.15, 0.2) is 4.42 Å². The molecule has 0 saturated carbocycles. The first-order valence-corrected chi connectivity index (χ1v) is 5.20. The standard InChI is InChI=1S/C10H14N2O3/c13-9(14)5-2-6-11-10-12-7-3-1-4-8(7)15-10/h1-6H2,(H,11,12)(H,13,14). The van der Waals surface area contributed by atoms with Crippen molar-refractivity contribution in [2.45, 2.75) is 32.1 Å². The van der Waals surface area contributed by atoms with Gasteiger partial charge in [0.15, 0.2) is 0 Å². The number of hydrogen-bond donors (Lipinski definition) is 2. The molecule has 5 nitrogen and oxygen atoms in total. The molecule has 0 radical (unpaired) electrons. The molecule has 1 heterocycles. The van der Waals surface area contributed by atoms with Crippen LogP contribution in [0, 0.1) is 0 Å². The summed E-state index contributed by atoms with van der Waals surface area (Å²) in [7, 11) is 0. The highest BCUT2D eigenvalue weighted by Gasteiger charge is 2.18. The highest BCUT2D eigenvalue weighted by atomic mass is 16.4. The SMILES string of the molecule is O=C(O)CCCNc1nc2c(o1)CCC2. The molecule has 0 aliphatic heterocycles. The van der Waals surface area contributed by atoms with Gasteiger partial charge in [-0.1, -0.05) is 0 Å². The van der Waals surface area contributed by atoms with Crippen molar-refractivity contribution in [3.05, 3.63) is 11.5 Å². The molecule has 0 saturated heterocycles. The molecule has 0 aromatic carbocycles. The number of oxazole rings is 1. The molecule has 0 fully saturated rings. The lowest BCUT2D eigenvalue weighted by atomic mass is 10.3. The number of hydrogen-bond acceptors (Lipinski definition) is 4. The van der Waals surface area contributed by atoms with E-state index in [4.69, 9.17) is 9.52 Å². The lowest BCUT2D eigenvalue weighted by Crippen LogP contribution is -2.05. The number of anilines is 1. The summed E-state index contributed by atoms with van der Waals surface area (Å²) >= 11 is 0. The number of aromatic nitrogens is 1. The zero-order chi connectivity index (χ0) is 10.7. The molecule has 0 spiro atoms. The maximum Gasteiger partial charge on any atom is 0.303 e. The minimum atomic E-state index is -0.772. The Labute approximate surface area is 87.5 Å². The van der Waals surface area contributed by atoms with E-state index >= 15 is 0 Å². The number of aliphatic carboxylic acids is 1. The zero-order valence-electron chi connectivity index (χ0n) is 8.45. The Bertz CT molecular complexity index is 338. The number of carboxylic acid groups (broad SMARTS) is 1. The number of carboxylic acids is 1. The summed E-state index contributed by atoms with van der Waals surface area (Å²) in [5.74, 6) is 0.211. The molecule has 15 heavy (non-hydrogen) atoms. The van der Waals surface area contributed by atoms with Gasteiger partial charge in [-0.25, -0.2) is 0 Å². The Kier molecular flexibility index (Phi) is 2.89. The minimum Gasteiger partial charge on any atom is -0.481 e. The molecule has 0 bridgehead atoms. The molecule has 5 heteroatoms. The molecule has 0 unspecified atom stereocenters. The minimum absolute atomic E-state index is 0.174. The summed E-state index contributed by atoms with van der Waals surface area (Å²) in [6, 6.07) is 0.532. The van der Waals surface area contributed by atoms with Gasteiger partial charge < -0.3 is 14.8 Å². The van der Waals surface area contributed by atoms with E-state index in [0.29, 0.717) is 19.0 Å². The van der Waals surface area contributed by atoms with E-state index < -0.39 is 5.97 Å². The molecule has 1 aromatic rings. The van der Waals surface area contributed by atoms with Crippen LogP contribution in [0.25, 0.3) is 0 Å². The van der Waals surface area contributed by atoms with E-state index in [1.807, 2.05) is 0 Å². The Balaban J connectivity index is 1.77. The van der Waals surface area contributed by atoms with Crippen LogP contribution < -0.4 is 5.32 Å². The van der Waals surface area contributed by atoms with Crippen molar-refractivity contribution in [2.24, 2.45) is 0 Å². The van der Waals surface area contributed by atoms with Gasteiger partial charge in [0.25, 0.3) is 6.01 Å². The Morgan fingerprint density at radius 3 is 3.13 bits per heavy atom. The predicted octanol–water partition coefficient (Wildman–Crippen LogP) is 1.44. The fraction of sp³-hybridized carbons (Fsp3) is 0.600. The molecule has 2 N–H and O–H groups in total. The van der Waals surface area contributed by atoms with Crippen LogP contribution >= 0.6 is 0 Å². The first-order chi connectivity index (χ1) is 7.25. The maximum absolute atomic E-state index is 10.3. The topological polar surface area (TPSA) is 75.4 Å². The maximum atomic E-state index is 10.3. The van der Waals surface area contributed by atoms with Gasteiger partial charge in [-0.05, 0) is 19.3 Å². The van der Waals surface area contributed by atoms with Crippen LogP contribution in [-0.4, -0.2) is 22.6 Å². The smallest absolute Gasteiger partial charge is 0.303 e. The number of carbonyl (C=O) groups is 1. The third-order valence-corrected chi connectivity index (χ3v) is 2.44. The van der Waals surface area contributed by atoms with Crippen LogP contribution in [-0.2, 0) is 17.6 Å². The van der Waals surface area contributed by atoms with Crippen LogP contribution in [0.5, 0.6) is 0 Å². The van der Waals surface area contributed by atoms with Gasteiger partial charge in [0.1, 0.15) is 5.76 Å². The third-order valence-electron chi connectivity index (χ3n) is 2.44. The Morgan fingerprint density at radius 2 is 2.40 bits per heavy atom. The van der Waals surface area contributed by atoms with Gasteiger partial charge >= 0.3 is 5.97 Å². The van der Waals surface area contributed by atoms with Gasteiger partial charge in [0.05, 0.1) is 5.69 Å². The highest BCUT2D eigenvalue weighted by Crippen LogP contribution is 2.24. The fourth-order valence-corrected chi connectivity index (χ4v) is 1.70. The van der Waals surface area contributed by atoms with E-state index in [1.54, 1.807) is 0 Å². The number of fused-ring (bicyclic) bond motifs is 1. The van der Waals surface area contributed by atoms with Gasteiger partial charge in [-0.15, -0.1) is 0 Å². The Hall–Kier alpha value is -1.52. The first kappa shape index (κ1) is 10.0. The summed E-state index contributed by atoms with van der Waals surface area (Å²) in [4.78, 5) is 14.5. The molecular weight excluding hydrogens is 196 g/mol. The van der Waals surface area contributed by atoms with E-state index in [1.165, 1.54) is 0 Å². The molecule has 82 valence electrons.